The van der Waals surface area contributed by atoms with E-state index in [1.807, 2.05) is 12.1 Å². The summed E-state index contributed by atoms with van der Waals surface area (Å²) in [5.74, 6) is -0.118. The fourth-order valence-corrected chi connectivity index (χ4v) is 3.36. The molecule has 5 heteroatoms. The molecule has 116 valence electrons. The molecule has 1 N–H and O–H groups in total. The number of hydrogen-bond donors (Lipinski definition) is 1. The lowest BCUT2D eigenvalue weighted by Crippen LogP contribution is -2.04. The van der Waals surface area contributed by atoms with Crippen molar-refractivity contribution < 1.29 is 4.79 Å². The van der Waals surface area contributed by atoms with E-state index in [0.717, 1.165) is 28.1 Å². The maximum absolute atomic E-state index is 11.3. The Kier molecular flexibility index (Phi) is 4.48. The first-order valence-corrected chi connectivity index (χ1v) is 8.27. The molecular weight excluding hydrogens is 306 g/mol. The van der Waals surface area contributed by atoms with Crippen LogP contribution < -0.4 is 5.32 Å². The molecular formula is C18H17N3OS. The monoisotopic (exact) mass is 323 g/mol. The molecule has 0 atom stereocenters. The van der Waals surface area contributed by atoms with Crippen molar-refractivity contribution in [2.45, 2.75) is 20.3 Å². The van der Waals surface area contributed by atoms with Crippen molar-refractivity contribution in [3.05, 3.63) is 54.4 Å². The van der Waals surface area contributed by atoms with Crippen molar-refractivity contribution in [3.63, 3.8) is 0 Å². The first-order chi connectivity index (χ1) is 11.2. The van der Waals surface area contributed by atoms with Crippen LogP contribution in [0.15, 0.2) is 48.8 Å². The second-order valence-corrected chi connectivity index (χ2v) is 6.16. The van der Waals surface area contributed by atoms with E-state index in [4.69, 9.17) is 0 Å². The van der Waals surface area contributed by atoms with Gasteiger partial charge >= 0.3 is 0 Å². The molecule has 0 aliphatic carbocycles. The SMILES string of the molecule is CCc1ccc(-c2nc(NC(C)=O)sc2-c2ccncc2)cc1. The van der Waals surface area contributed by atoms with Gasteiger partial charge in [0.2, 0.25) is 5.91 Å². The Morgan fingerprint density at radius 3 is 2.39 bits per heavy atom. The van der Waals surface area contributed by atoms with E-state index in [9.17, 15) is 4.79 Å². The molecule has 1 aromatic carbocycles. The van der Waals surface area contributed by atoms with Crippen molar-refractivity contribution in [3.8, 4) is 21.7 Å². The Labute approximate surface area is 139 Å². The lowest BCUT2D eigenvalue weighted by Gasteiger charge is -2.03. The third-order valence-corrected chi connectivity index (χ3v) is 4.51. The summed E-state index contributed by atoms with van der Waals surface area (Å²) in [6, 6.07) is 12.3. The molecule has 23 heavy (non-hydrogen) atoms. The Hall–Kier alpha value is -2.53. The van der Waals surface area contributed by atoms with E-state index >= 15 is 0 Å². The number of nitrogens with zero attached hydrogens (tertiary/aromatic N) is 2. The normalized spacial score (nSPS) is 10.5. The molecule has 0 aliphatic rings. The van der Waals surface area contributed by atoms with Gasteiger partial charge in [-0.1, -0.05) is 42.5 Å². The summed E-state index contributed by atoms with van der Waals surface area (Å²) in [6.45, 7) is 3.62. The van der Waals surface area contributed by atoms with E-state index in [-0.39, 0.29) is 5.91 Å². The van der Waals surface area contributed by atoms with Gasteiger partial charge in [0.25, 0.3) is 0 Å². The van der Waals surface area contributed by atoms with E-state index in [0.29, 0.717) is 5.13 Å². The van der Waals surface area contributed by atoms with E-state index in [1.54, 1.807) is 12.4 Å². The summed E-state index contributed by atoms with van der Waals surface area (Å²) in [7, 11) is 0. The van der Waals surface area contributed by atoms with Gasteiger partial charge in [-0.05, 0) is 29.7 Å². The Balaban J connectivity index is 2.09. The summed E-state index contributed by atoms with van der Waals surface area (Å²) < 4.78 is 0. The van der Waals surface area contributed by atoms with Gasteiger partial charge in [0, 0.05) is 24.9 Å². The van der Waals surface area contributed by atoms with E-state index in [1.165, 1.54) is 23.8 Å². The van der Waals surface area contributed by atoms with E-state index < -0.39 is 0 Å². The fourth-order valence-electron chi connectivity index (χ4n) is 2.32. The third-order valence-electron chi connectivity index (χ3n) is 3.49. The Bertz CT molecular complexity index is 810. The van der Waals surface area contributed by atoms with Crippen LogP contribution in [0.5, 0.6) is 0 Å². The van der Waals surface area contributed by atoms with Crippen LogP contribution in [0, 0.1) is 0 Å². The predicted octanol–water partition coefficient (Wildman–Crippen LogP) is 4.39. The summed E-state index contributed by atoms with van der Waals surface area (Å²) in [4.78, 5) is 21.0. The minimum Gasteiger partial charge on any atom is -0.302 e. The number of benzene rings is 1. The Morgan fingerprint density at radius 1 is 1.09 bits per heavy atom. The summed E-state index contributed by atoms with van der Waals surface area (Å²) >= 11 is 1.47. The summed E-state index contributed by atoms with van der Waals surface area (Å²) in [5, 5.41) is 3.39. The number of anilines is 1. The van der Waals surface area contributed by atoms with Gasteiger partial charge in [-0.25, -0.2) is 4.98 Å². The molecule has 0 unspecified atom stereocenters. The van der Waals surface area contributed by atoms with Gasteiger partial charge in [-0.15, -0.1) is 0 Å². The summed E-state index contributed by atoms with van der Waals surface area (Å²) in [6.07, 6.45) is 4.53. The minimum absolute atomic E-state index is 0.118. The van der Waals surface area contributed by atoms with Crippen LogP contribution in [-0.4, -0.2) is 15.9 Å². The smallest absolute Gasteiger partial charge is 0.223 e. The molecule has 0 bridgehead atoms. The zero-order chi connectivity index (χ0) is 16.2. The van der Waals surface area contributed by atoms with Crippen LogP contribution in [0.4, 0.5) is 5.13 Å². The molecule has 2 heterocycles. The van der Waals surface area contributed by atoms with Gasteiger partial charge < -0.3 is 5.32 Å². The zero-order valence-corrected chi connectivity index (χ0v) is 13.9. The number of aromatic nitrogens is 2. The number of nitrogens with one attached hydrogen (secondary N) is 1. The zero-order valence-electron chi connectivity index (χ0n) is 13.0. The average Bonchev–Trinajstić information content (AvgIpc) is 2.99. The number of hydrogen-bond acceptors (Lipinski definition) is 4. The molecule has 0 fully saturated rings. The van der Waals surface area contributed by atoms with Crippen LogP contribution in [-0.2, 0) is 11.2 Å². The maximum Gasteiger partial charge on any atom is 0.223 e. The number of carbonyl (C=O) groups is 1. The molecule has 2 aromatic heterocycles. The molecule has 0 radical (unpaired) electrons. The number of rotatable bonds is 4. The van der Waals surface area contributed by atoms with Crippen LogP contribution in [0.3, 0.4) is 0 Å². The number of thiazole rings is 1. The highest BCUT2D eigenvalue weighted by atomic mass is 32.1. The third kappa shape index (κ3) is 3.46. The molecule has 3 rings (SSSR count). The van der Waals surface area contributed by atoms with Crippen LogP contribution >= 0.6 is 11.3 Å². The first-order valence-electron chi connectivity index (χ1n) is 7.45. The average molecular weight is 323 g/mol. The quantitative estimate of drug-likeness (QED) is 0.774. The lowest BCUT2D eigenvalue weighted by molar-refractivity contribution is -0.114. The van der Waals surface area contributed by atoms with Gasteiger partial charge in [0.1, 0.15) is 0 Å². The fraction of sp³-hybridized carbons (Fsp3) is 0.167. The standard InChI is InChI=1S/C18H17N3OS/c1-3-13-4-6-14(7-5-13)16-17(15-8-10-19-11-9-15)23-18(21-16)20-12(2)22/h4-11H,3H2,1-2H3,(H,20,21,22). The van der Waals surface area contributed by atoms with Crippen molar-refractivity contribution in [1.29, 1.82) is 0 Å². The Morgan fingerprint density at radius 2 is 1.78 bits per heavy atom. The van der Waals surface area contributed by atoms with Crippen molar-refractivity contribution in [2.75, 3.05) is 5.32 Å². The number of amides is 1. The number of carbonyl (C=O) groups excluding carboxylic acids is 1. The molecule has 4 nitrogen and oxygen atoms in total. The number of pyridine rings is 1. The highest BCUT2D eigenvalue weighted by Gasteiger charge is 2.15. The van der Waals surface area contributed by atoms with Crippen LogP contribution in [0.2, 0.25) is 0 Å². The molecule has 0 saturated heterocycles. The first kappa shape index (κ1) is 15.4. The van der Waals surface area contributed by atoms with Crippen molar-refractivity contribution in [1.82, 2.24) is 9.97 Å². The van der Waals surface area contributed by atoms with Crippen LogP contribution in [0.1, 0.15) is 19.4 Å². The number of aryl methyl sites for hydroxylation is 1. The second kappa shape index (κ2) is 6.71. The van der Waals surface area contributed by atoms with Gasteiger partial charge in [0.05, 0.1) is 10.6 Å². The predicted molar refractivity (Wildman–Crippen MR) is 94.5 cm³/mol. The highest BCUT2D eigenvalue weighted by molar-refractivity contribution is 7.19. The van der Waals surface area contributed by atoms with E-state index in [2.05, 4.69) is 46.5 Å². The summed E-state index contributed by atoms with van der Waals surface area (Å²) in [5.41, 5.74) is 4.26. The lowest BCUT2D eigenvalue weighted by atomic mass is 10.0. The largest absolute Gasteiger partial charge is 0.302 e. The molecule has 0 spiro atoms. The second-order valence-electron chi connectivity index (χ2n) is 5.16. The molecule has 3 aromatic rings. The molecule has 0 saturated carbocycles. The topological polar surface area (TPSA) is 54.9 Å². The van der Waals surface area contributed by atoms with Crippen LogP contribution in [0.25, 0.3) is 21.7 Å². The van der Waals surface area contributed by atoms with Crippen molar-refractivity contribution in [2.24, 2.45) is 0 Å². The molecule has 0 aliphatic heterocycles. The highest BCUT2D eigenvalue weighted by Crippen LogP contribution is 2.38. The van der Waals surface area contributed by atoms with Gasteiger partial charge in [-0.3, -0.25) is 9.78 Å². The van der Waals surface area contributed by atoms with Gasteiger partial charge in [-0.2, -0.15) is 0 Å². The minimum atomic E-state index is -0.118. The van der Waals surface area contributed by atoms with Crippen molar-refractivity contribution >= 4 is 22.4 Å². The van der Waals surface area contributed by atoms with Gasteiger partial charge in [0.15, 0.2) is 5.13 Å². The molecule has 1 amide bonds. The maximum atomic E-state index is 11.3.